The fourth-order valence-corrected chi connectivity index (χ4v) is 3.16. The number of benzene rings is 1. The van der Waals surface area contributed by atoms with Gasteiger partial charge in [0.15, 0.2) is 0 Å². The largest absolute Gasteiger partial charge is 0.0843 e. The standard InChI is InChI=1S/C16H18Cl2/c1-3-16(12-6-4-11(2)5-7-12)13-8-14(17)10-15(18)9-13/h4-6,8-10,12,16H,3,7H2,1-2H3. The highest BCUT2D eigenvalue weighted by Crippen LogP contribution is 2.36. The van der Waals surface area contributed by atoms with E-state index < -0.39 is 0 Å². The lowest BCUT2D eigenvalue weighted by Gasteiger charge is -2.25. The van der Waals surface area contributed by atoms with Gasteiger partial charge in [0.25, 0.3) is 0 Å². The summed E-state index contributed by atoms with van der Waals surface area (Å²) in [6, 6.07) is 5.88. The second-order valence-electron chi connectivity index (χ2n) is 4.92. The zero-order chi connectivity index (χ0) is 13.1. The molecule has 2 heteroatoms. The fourth-order valence-electron chi connectivity index (χ4n) is 2.62. The Morgan fingerprint density at radius 2 is 1.89 bits per heavy atom. The second kappa shape index (κ2) is 5.95. The summed E-state index contributed by atoms with van der Waals surface area (Å²) < 4.78 is 0. The van der Waals surface area contributed by atoms with Gasteiger partial charge in [0.1, 0.15) is 0 Å². The molecule has 0 amide bonds. The summed E-state index contributed by atoms with van der Waals surface area (Å²) in [6.07, 6.45) is 9.03. The maximum Gasteiger partial charge on any atom is 0.0423 e. The highest BCUT2D eigenvalue weighted by atomic mass is 35.5. The summed E-state index contributed by atoms with van der Waals surface area (Å²) >= 11 is 12.2. The van der Waals surface area contributed by atoms with Crippen molar-refractivity contribution in [3.8, 4) is 0 Å². The van der Waals surface area contributed by atoms with Crippen LogP contribution in [-0.2, 0) is 0 Å². The molecule has 0 saturated carbocycles. The Balaban J connectivity index is 2.26. The molecule has 0 saturated heterocycles. The number of hydrogen-bond donors (Lipinski definition) is 0. The molecule has 0 aliphatic heterocycles. The van der Waals surface area contributed by atoms with Crippen molar-refractivity contribution in [1.82, 2.24) is 0 Å². The lowest BCUT2D eigenvalue weighted by molar-refractivity contribution is 0.493. The van der Waals surface area contributed by atoms with E-state index in [1.807, 2.05) is 12.1 Å². The van der Waals surface area contributed by atoms with Crippen LogP contribution in [0.25, 0.3) is 0 Å². The molecule has 18 heavy (non-hydrogen) atoms. The monoisotopic (exact) mass is 280 g/mol. The molecule has 0 N–H and O–H groups in total. The van der Waals surface area contributed by atoms with Crippen LogP contribution in [0.2, 0.25) is 10.0 Å². The molecule has 96 valence electrons. The molecule has 1 aromatic rings. The Hall–Kier alpha value is -0.720. The SMILES string of the molecule is CCC(c1cc(Cl)cc(Cl)c1)C1C=CC(C)=CC1. The first-order valence-electron chi connectivity index (χ1n) is 6.41. The van der Waals surface area contributed by atoms with Crippen molar-refractivity contribution in [3.05, 3.63) is 57.6 Å². The first-order chi connectivity index (χ1) is 8.60. The molecule has 2 unspecified atom stereocenters. The molecule has 0 bridgehead atoms. The van der Waals surface area contributed by atoms with Gasteiger partial charge in [-0.3, -0.25) is 0 Å². The van der Waals surface area contributed by atoms with E-state index >= 15 is 0 Å². The van der Waals surface area contributed by atoms with Crippen molar-refractivity contribution in [3.63, 3.8) is 0 Å². The van der Waals surface area contributed by atoms with Gasteiger partial charge in [-0.15, -0.1) is 0 Å². The van der Waals surface area contributed by atoms with Crippen molar-refractivity contribution in [2.45, 2.75) is 32.6 Å². The fraction of sp³-hybridized carbons (Fsp3) is 0.375. The van der Waals surface area contributed by atoms with E-state index in [-0.39, 0.29) is 0 Å². The van der Waals surface area contributed by atoms with E-state index in [0.717, 1.165) is 22.9 Å². The molecule has 1 aromatic carbocycles. The summed E-state index contributed by atoms with van der Waals surface area (Å²) in [5, 5.41) is 1.45. The molecule has 0 radical (unpaired) electrons. The summed E-state index contributed by atoms with van der Waals surface area (Å²) in [6.45, 7) is 4.36. The molecule has 1 aliphatic carbocycles. The van der Waals surface area contributed by atoms with Crippen LogP contribution in [0.1, 0.15) is 38.2 Å². The Morgan fingerprint density at radius 1 is 1.22 bits per heavy atom. The molecule has 2 atom stereocenters. The van der Waals surface area contributed by atoms with Crippen molar-refractivity contribution in [1.29, 1.82) is 0 Å². The van der Waals surface area contributed by atoms with Crippen LogP contribution in [0.3, 0.4) is 0 Å². The van der Waals surface area contributed by atoms with Gasteiger partial charge in [-0.2, -0.15) is 0 Å². The van der Waals surface area contributed by atoms with Gasteiger partial charge >= 0.3 is 0 Å². The highest BCUT2D eigenvalue weighted by molar-refractivity contribution is 6.34. The average Bonchev–Trinajstić information content (AvgIpc) is 2.31. The zero-order valence-electron chi connectivity index (χ0n) is 10.8. The lowest BCUT2D eigenvalue weighted by atomic mass is 9.80. The summed E-state index contributed by atoms with van der Waals surface area (Å²) in [5.41, 5.74) is 2.60. The third-order valence-electron chi connectivity index (χ3n) is 3.59. The smallest absolute Gasteiger partial charge is 0.0423 e. The van der Waals surface area contributed by atoms with Crippen LogP contribution in [-0.4, -0.2) is 0 Å². The van der Waals surface area contributed by atoms with Crippen molar-refractivity contribution in [2.24, 2.45) is 5.92 Å². The molecule has 2 rings (SSSR count). The number of hydrogen-bond acceptors (Lipinski definition) is 0. The van der Waals surface area contributed by atoms with E-state index in [1.54, 1.807) is 6.07 Å². The molecular weight excluding hydrogens is 263 g/mol. The van der Waals surface area contributed by atoms with Crippen molar-refractivity contribution in [2.75, 3.05) is 0 Å². The summed E-state index contributed by atoms with van der Waals surface area (Å²) in [4.78, 5) is 0. The minimum absolute atomic E-state index is 0.488. The van der Waals surface area contributed by atoms with Crippen molar-refractivity contribution < 1.29 is 0 Å². The molecule has 1 aliphatic rings. The van der Waals surface area contributed by atoms with Gasteiger partial charge in [0.2, 0.25) is 0 Å². The molecule has 0 aromatic heterocycles. The highest BCUT2D eigenvalue weighted by Gasteiger charge is 2.20. The normalized spacial score (nSPS) is 20.7. The third-order valence-corrected chi connectivity index (χ3v) is 4.02. The van der Waals surface area contributed by atoms with Crippen molar-refractivity contribution >= 4 is 23.2 Å². The van der Waals surface area contributed by atoms with Crippen LogP contribution in [0, 0.1) is 5.92 Å². The molecule has 0 nitrogen and oxygen atoms in total. The summed E-state index contributed by atoms with van der Waals surface area (Å²) in [7, 11) is 0. The van der Waals surface area contributed by atoms with Gasteiger partial charge in [-0.25, -0.2) is 0 Å². The zero-order valence-corrected chi connectivity index (χ0v) is 12.3. The number of rotatable bonds is 3. The van der Waals surface area contributed by atoms with Gasteiger partial charge in [0, 0.05) is 10.0 Å². The number of allylic oxidation sites excluding steroid dienone is 4. The summed E-state index contributed by atoms with van der Waals surface area (Å²) in [5.74, 6) is 1.04. The molecular formula is C16H18Cl2. The van der Waals surface area contributed by atoms with Crippen LogP contribution in [0.5, 0.6) is 0 Å². The molecule has 0 fully saturated rings. The lowest BCUT2D eigenvalue weighted by Crippen LogP contribution is -2.11. The Labute approximate surface area is 119 Å². The van der Waals surface area contributed by atoms with Crippen LogP contribution >= 0.6 is 23.2 Å². The maximum absolute atomic E-state index is 6.10. The van der Waals surface area contributed by atoms with E-state index in [2.05, 4.69) is 32.1 Å². The Bertz CT molecular complexity index is 466. The van der Waals surface area contributed by atoms with Crippen LogP contribution in [0.15, 0.2) is 42.0 Å². The minimum atomic E-state index is 0.488. The van der Waals surface area contributed by atoms with Gasteiger partial charge in [-0.05, 0) is 55.4 Å². The second-order valence-corrected chi connectivity index (χ2v) is 5.80. The maximum atomic E-state index is 6.10. The Kier molecular flexibility index (Phi) is 4.53. The van der Waals surface area contributed by atoms with E-state index in [0.29, 0.717) is 11.8 Å². The average molecular weight is 281 g/mol. The predicted molar refractivity (Wildman–Crippen MR) is 80.5 cm³/mol. The predicted octanol–water partition coefficient (Wildman–Crippen LogP) is 6.01. The third kappa shape index (κ3) is 3.18. The van der Waals surface area contributed by atoms with Gasteiger partial charge in [0.05, 0.1) is 0 Å². The van der Waals surface area contributed by atoms with E-state index in [4.69, 9.17) is 23.2 Å². The van der Waals surface area contributed by atoms with Crippen LogP contribution < -0.4 is 0 Å². The topological polar surface area (TPSA) is 0 Å². The Morgan fingerprint density at radius 3 is 2.39 bits per heavy atom. The van der Waals surface area contributed by atoms with E-state index in [1.165, 1.54) is 11.1 Å². The van der Waals surface area contributed by atoms with Gasteiger partial charge in [-0.1, -0.05) is 53.9 Å². The van der Waals surface area contributed by atoms with E-state index in [9.17, 15) is 0 Å². The van der Waals surface area contributed by atoms with Gasteiger partial charge < -0.3 is 0 Å². The number of halogens is 2. The quantitative estimate of drug-likeness (QED) is 0.636. The molecule has 0 heterocycles. The minimum Gasteiger partial charge on any atom is -0.0843 e. The molecule has 0 spiro atoms. The van der Waals surface area contributed by atoms with Crippen LogP contribution in [0.4, 0.5) is 0 Å². The first-order valence-corrected chi connectivity index (χ1v) is 7.16. The first kappa shape index (κ1) is 13.7.